The SMILES string of the molecule is O=C1CCNc2c([N+](=O)[O-])cc(Cl)c(Cl)c21. The molecular weight excluding hydrogens is 255 g/mol. The number of carbonyl (C=O) groups is 1. The number of Topliss-reactive ketones (excluding diaryl/α,β-unsaturated/α-hetero) is 1. The van der Waals surface area contributed by atoms with Gasteiger partial charge in [-0.3, -0.25) is 14.9 Å². The number of nitro groups is 1. The van der Waals surface area contributed by atoms with E-state index in [1.807, 2.05) is 0 Å². The fraction of sp³-hybridized carbons (Fsp3) is 0.222. The molecule has 84 valence electrons. The molecule has 1 heterocycles. The molecule has 2 rings (SSSR count). The summed E-state index contributed by atoms with van der Waals surface area (Å²) in [5, 5.41) is 13.7. The third kappa shape index (κ3) is 1.62. The number of anilines is 1. The molecule has 0 unspecified atom stereocenters. The van der Waals surface area contributed by atoms with E-state index in [0.717, 1.165) is 6.07 Å². The van der Waals surface area contributed by atoms with Gasteiger partial charge in [0.1, 0.15) is 5.69 Å². The topological polar surface area (TPSA) is 72.2 Å². The minimum Gasteiger partial charge on any atom is -0.378 e. The molecule has 1 aliphatic rings. The van der Waals surface area contributed by atoms with Crippen molar-refractivity contribution in [2.75, 3.05) is 11.9 Å². The van der Waals surface area contributed by atoms with Crippen LogP contribution in [0.15, 0.2) is 6.07 Å². The average Bonchev–Trinajstić information content (AvgIpc) is 2.22. The van der Waals surface area contributed by atoms with E-state index in [4.69, 9.17) is 23.2 Å². The molecule has 1 aromatic rings. The maximum absolute atomic E-state index is 11.6. The standard InChI is InChI=1S/C9H6Cl2N2O3/c10-4-3-5(13(15)16)9-7(8(4)11)6(14)1-2-12-9/h3,12H,1-2H2. The van der Waals surface area contributed by atoms with Gasteiger partial charge in [-0.25, -0.2) is 0 Å². The van der Waals surface area contributed by atoms with E-state index in [9.17, 15) is 14.9 Å². The molecule has 0 fully saturated rings. The molecule has 0 aliphatic carbocycles. The molecule has 1 N–H and O–H groups in total. The molecule has 0 bridgehead atoms. The molecule has 0 saturated carbocycles. The van der Waals surface area contributed by atoms with E-state index < -0.39 is 4.92 Å². The lowest BCUT2D eigenvalue weighted by Crippen LogP contribution is -2.19. The van der Waals surface area contributed by atoms with Crippen LogP contribution in [0.1, 0.15) is 16.8 Å². The second-order valence-electron chi connectivity index (χ2n) is 3.30. The van der Waals surface area contributed by atoms with E-state index in [0.29, 0.717) is 6.54 Å². The lowest BCUT2D eigenvalue weighted by molar-refractivity contribution is -0.384. The molecule has 0 radical (unpaired) electrons. The summed E-state index contributed by atoms with van der Waals surface area (Å²) in [5.74, 6) is -0.232. The highest BCUT2D eigenvalue weighted by Crippen LogP contribution is 2.41. The van der Waals surface area contributed by atoms with Crippen LogP contribution in [-0.2, 0) is 0 Å². The highest BCUT2D eigenvalue weighted by molar-refractivity contribution is 6.45. The first kappa shape index (κ1) is 11.2. The van der Waals surface area contributed by atoms with Gasteiger partial charge in [0.25, 0.3) is 5.69 Å². The van der Waals surface area contributed by atoms with Crippen LogP contribution in [0.2, 0.25) is 10.0 Å². The monoisotopic (exact) mass is 260 g/mol. The minimum absolute atomic E-state index is 0.0177. The Morgan fingerprint density at radius 1 is 1.44 bits per heavy atom. The Kier molecular flexibility index (Phi) is 2.73. The van der Waals surface area contributed by atoms with Crippen LogP contribution in [0.5, 0.6) is 0 Å². The van der Waals surface area contributed by atoms with Gasteiger partial charge in [0.05, 0.1) is 20.5 Å². The number of hydrogen-bond acceptors (Lipinski definition) is 4. The van der Waals surface area contributed by atoms with Crippen LogP contribution >= 0.6 is 23.2 Å². The highest BCUT2D eigenvalue weighted by Gasteiger charge is 2.29. The van der Waals surface area contributed by atoms with Gasteiger partial charge >= 0.3 is 0 Å². The molecule has 1 aromatic carbocycles. The molecule has 1 aliphatic heterocycles. The van der Waals surface area contributed by atoms with Gasteiger partial charge in [-0.15, -0.1) is 0 Å². The Hall–Kier alpha value is -1.33. The molecule has 0 spiro atoms. The van der Waals surface area contributed by atoms with Gasteiger partial charge in [-0.2, -0.15) is 0 Å². The Bertz CT molecular complexity index is 502. The first-order valence-corrected chi connectivity index (χ1v) is 5.21. The maximum atomic E-state index is 11.6. The summed E-state index contributed by atoms with van der Waals surface area (Å²) in [5.41, 5.74) is 0.0558. The molecular formula is C9H6Cl2N2O3. The zero-order chi connectivity index (χ0) is 11.9. The van der Waals surface area contributed by atoms with E-state index in [2.05, 4.69) is 5.32 Å². The van der Waals surface area contributed by atoms with Crippen LogP contribution in [-0.4, -0.2) is 17.3 Å². The van der Waals surface area contributed by atoms with Crippen molar-refractivity contribution in [3.05, 3.63) is 31.8 Å². The van der Waals surface area contributed by atoms with Gasteiger partial charge < -0.3 is 5.32 Å². The molecule has 5 nitrogen and oxygen atoms in total. The smallest absolute Gasteiger partial charge is 0.294 e. The normalized spacial score (nSPS) is 14.2. The first-order chi connectivity index (χ1) is 7.52. The van der Waals surface area contributed by atoms with E-state index in [-0.39, 0.29) is 39.2 Å². The predicted molar refractivity (Wildman–Crippen MR) is 60.6 cm³/mol. The lowest BCUT2D eigenvalue weighted by Gasteiger charge is -2.18. The predicted octanol–water partition coefficient (Wildman–Crippen LogP) is 2.90. The highest BCUT2D eigenvalue weighted by atomic mass is 35.5. The van der Waals surface area contributed by atoms with Crippen LogP contribution < -0.4 is 5.32 Å². The number of nitrogens with zero attached hydrogens (tertiary/aromatic N) is 1. The zero-order valence-electron chi connectivity index (χ0n) is 7.92. The molecule has 0 amide bonds. The molecule has 0 atom stereocenters. The van der Waals surface area contributed by atoms with E-state index in [1.54, 1.807) is 0 Å². The van der Waals surface area contributed by atoms with Crippen LogP contribution in [0.25, 0.3) is 0 Å². The number of ketones is 1. The summed E-state index contributed by atoms with van der Waals surface area (Å²) < 4.78 is 0. The van der Waals surface area contributed by atoms with Crippen molar-refractivity contribution in [1.29, 1.82) is 0 Å². The zero-order valence-corrected chi connectivity index (χ0v) is 9.43. The van der Waals surface area contributed by atoms with Crippen molar-refractivity contribution in [1.82, 2.24) is 0 Å². The first-order valence-electron chi connectivity index (χ1n) is 4.46. The number of carbonyl (C=O) groups excluding carboxylic acids is 1. The molecule has 16 heavy (non-hydrogen) atoms. The fourth-order valence-corrected chi connectivity index (χ4v) is 2.08. The minimum atomic E-state index is -0.591. The van der Waals surface area contributed by atoms with Gasteiger partial charge in [-0.05, 0) is 0 Å². The van der Waals surface area contributed by atoms with Crippen LogP contribution in [0, 0.1) is 10.1 Å². The quantitative estimate of drug-likeness (QED) is 0.623. The Balaban J connectivity index is 2.77. The summed E-state index contributed by atoms with van der Waals surface area (Å²) >= 11 is 11.6. The van der Waals surface area contributed by atoms with Crippen molar-refractivity contribution >= 4 is 40.4 Å². The number of fused-ring (bicyclic) bond motifs is 1. The lowest BCUT2D eigenvalue weighted by atomic mass is 10.0. The van der Waals surface area contributed by atoms with Gasteiger partial charge in [0.2, 0.25) is 0 Å². The van der Waals surface area contributed by atoms with Gasteiger partial charge in [0.15, 0.2) is 5.78 Å². The third-order valence-corrected chi connectivity index (χ3v) is 3.12. The summed E-state index contributed by atoms with van der Waals surface area (Å²) in [6.07, 6.45) is 0.254. The number of nitrogens with one attached hydrogen (secondary N) is 1. The third-order valence-electron chi connectivity index (χ3n) is 2.33. The second kappa shape index (κ2) is 3.92. The second-order valence-corrected chi connectivity index (χ2v) is 4.08. The number of benzene rings is 1. The summed E-state index contributed by atoms with van der Waals surface area (Å²) in [4.78, 5) is 21.8. The number of nitro benzene ring substituents is 1. The van der Waals surface area contributed by atoms with E-state index >= 15 is 0 Å². The van der Waals surface area contributed by atoms with Gasteiger partial charge in [0, 0.05) is 19.0 Å². The van der Waals surface area contributed by atoms with Crippen molar-refractivity contribution in [2.24, 2.45) is 0 Å². The number of hydrogen-bond donors (Lipinski definition) is 1. The molecule has 7 heteroatoms. The van der Waals surface area contributed by atoms with Crippen LogP contribution in [0.4, 0.5) is 11.4 Å². The maximum Gasteiger partial charge on any atom is 0.294 e. The summed E-state index contributed by atoms with van der Waals surface area (Å²) in [7, 11) is 0. The van der Waals surface area contributed by atoms with Crippen molar-refractivity contribution in [3.8, 4) is 0 Å². The summed E-state index contributed by atoms with van der Waals surface area (Å²) in [6.45, 7) is 0.366. The Labute approximate surface area is 100 Å². The fourth-order valence-electron chi connectivity index (χ4n) is 1.62. The average molecular weight is 261 g/mol. The van der Waals surface area contributed by atoms with Crippen molar-refractivity contribution in [3.63, 3.8) is 0 Å². The number of halogens is 2. The molecule has 0 saturated heterocycles. The van der Waals surface area contributed by atoms with Crippen LogP contribution in [0.3, 0.4) is 0 Å². The Morgan fingerprint density at radius 3 is 2.75 bits per heavy atom. The van der Waals surface area contributed by atoms with Gasteiger partial charge in [-0.1, -0.05) is 23.2 Å². The van der Waals surface area contributed by atoms with Crippen molar-refractivity contribution in [2.45, 2.75) is 6.42 Å². The molecule has 0 aromatic heterocycles. The number of rotatable bonds is 1. The van der Waals surface area contributed by atoms with E-state index in [1.165, 1.54) is 0 Å². The largest absolute Gasteiger partial charge is 0.378 e. The summed E-state index contributed by atoms with van der Waals surface area (Å²) in [6, 6.07) is 1.15. The Morgan fingerprint density at radius 2 is 2.12 bits per heavy atom. The van der Waals surface area contributed by atoms with Crippen molar-refractivity contribution < 1.29 is 9.72 Å².